The number of carboxylic acid groups (broad SMARTS) is 1. The predicted molar refractivity (Wildman–Crippen MR) is 104 cm³/mol. The second-order valence-electron chi connectivity index (χ2n) is 4.84. The van der Waals surface area contributed by atoms with Crippen LogP contribution in [0.5, 0.6) is 0 Å². The molecule has 0 bridgehead atoms. The Morgan fingerprint density at radius 2 is 1.79 bits per heavy atom. The first kappa shape index (κ1) is 18.6. The normalized spacial score (nSPS) is 10.1. The monoisotopic (exact) mass is 470 g/mol. The van der Waals surface area contributed by atoms with E-state index in [1.165, 1.54) is 6.07 Å². The minimum Gasteiger partial charge on any atom is -0.478 e. The summed E-state index contributed by atoms with van der Waals surface area (Å²) >= 11 is 11.7. The Labute approximate surface area is 160 Å². The maximum Gasteiger partial charge on any atom is 0.337 e. The van der Waals surface area contributed by atoms with E-state index in [2.05, 4.69) is 42.5 Å². The van der Waals surface area contributed by atoms with Gasteiger partial charge in [0.15, 0.2) is 5.11 Å². The van der Waals surface area contributed by atoms with E-state index in [1.54, 1.807) is 18.2 Å². The average molecular weight is 472 g/mol. The minimum atomic E-state index is -1.12. The SMILES string of the molecule is Cc1ccccc1C(=O)NC(=S)Nc1c(Br)cc(Br)cc1C(=O)O. The van der Waals surface area contributed by atoms with E-state index in [1.807, 2.05) is 19.1 Å². The van der Waals surface area contributed by atoms with Gasteiger partial charge in [-0.3, -0.25) is 10.1 Å². The van der Waals surface area contributed by atoms with Crippen LogP contribution in [0.2, 0.25) is 0 Å². The lowest BCUT2D eigenvalue weighted by molar-refractivity contribution is 0.0697. The Morgan fingerprint density at radius 3 is 2.42 bits per heavy atom. The Morgan fingerprint density at radius 1 is 1.12 bits per heavy atom. The molecule has 24 heavy (non-hydrogen) atoms. The van der Waals surface area contributed by atoms with Crippen molar-refractivity contribution in [3.8, 4) is 0 Å². The van der Waals surface area contributed by atoms with Crippen LogP contribution in [0.15, 0.2) is 45.3 Å². The van der Waals surface area contributed by atoms with Crippen molar-refractivity contribution in [3.05, 3.63) is 62.0 Å². The van der Waals surface area contributed by atoms with E-state index in [4.69, 9.17) is 12.2 Å². The van der Waals surface area contributed by atoms with Crippen molar-refractivity contribution in [3.63, 3.8) is 0 Å². The highest BCUT2D eigenvalue weighted by molar-refractivity contribution is 9.11. The number of carbonyl (C=O) groups excluding carboxylic acids is 1. The average Bonchev–Trinajstić information content (AvgIpc) is 2.49. The first-order valence-electron chi connectivity index (χ1n) is 6.70. The first-order valence-corrected chi connectivity index (χ1v) is 8.69. The highest BCUT2D eigenvalue weighted by atomic mass is 79.9. The number of hydrogen-bond acceptors (Lipinski definition) is 3. The molecule has 0 saturated carbocycles. The number of halogens is 2. The van der Waals surface area contributed by atoms with Crippen molar-refractivity contribution in [1.29, 1.82) is 0 Å². The van der Waals surface area contributed by atoms with Crippen molar-refractivity contribution >= 4 is 66.8 Å². The summed E-state index contributed by atoms with van der Waals surface area (Å²) in [5.41, 5.74) is 1.59. The highest BCUT2D eigenvalue weighted by Crippen LogP contribution is 2.30. The molecule has 8 heteroatoms. The van der Waals surface area contributed by atoms with Gasteiger partial charge in [-0.2, -0.15) is 0 Å². The van der Waals surface area contributed by atoms with Gasteiger partial charge >= 0.3 is 5.97 Å². The summed E-state index contributed by atoms with van der Waals surface area (Å²) in [7, 11) is 0. The van der Waals surface area contributed by atoms with E-state index in [0.29, 0.717) is 14.5 Å². The van der Waals surface area contributed by atoms with Gasteiger partial charge in [0.05, 0.1) is 11.3 Å². The Balaban J connectivity index is 2.20. The van der Waals surface area contributed by atoms with Gasteiger partial charge in [-0.1, -0.05) is 34.1 Å². The molecule has 2 aromatic rings. The molecule has 124 valence electrons. The number of amides is 1. The van der Waals surface area contributed by atoms with Crippen LogP contribution in [0.3, 0.4) is 0 Å². The zero-order chi connectivity index (χ0) is 17.9. The van der Waals surface area contributed by atoms with Crippen LogP contribution >= 0.6 is 44.1 Å². The summed E-state index contributed by atoms with van der Waals surface area (Å²) in [6, 6.07) is 10.2. The number of aryl methyl sites for hydroxylation is 1. The number of nitrogens with one attached hydrogen (secondary N) is 2. The molecule has 1 amide bonds. The number of thiocarbonyl (C=S) groups is 1. The van der Waals surface area contributed by atoms with Gasteiger partial charge < -0.3 is 10.4 Å². The number of benzene rings is 2. The Hall–Kier alpha value is -1.77. The Kier molecular flexibility index (Phi) is 6.09. The molecule has 0 atom stereocenters. The topological polar surface area (TPSA) is 78.4 Å². The van der Waals surface area contributed by atoms with E-state index in [0.717, 1.165) is 5.56 Å². The van der Waals surface area contributed by atoms with Gasteiger partial charge in [-0.25, -0.2) is 4.79 Å². The second-order valence-corrected chi connectivity index (χ2v) is 7.02. The standard InChI is InChI=1S/C16H12Br2N2O3S/c1-8-4-2-3-5-10(8)14(21)20-16(24)19-13-11(15(22)23)6-9(17)7-12(13)18/h2-7H,1H3,(H,22,23)(H2,19,20,21,24). The third-order valence-electron chi connectivity index (χ3n) is 3.14. The molecule has 0 spiro atoms. The lowest BCUT2D eigenvalue weighted by atomic mass is 10.1. The fourth-order valence-electron chi connectivity index (χ4n) is 2.01. The van der Waals surface area contributed by atoms with E-state index < -0.39 is 5.97 Å². The van der Waals surface area contributed by atoms with Crippen LogP contribution in [0, 0.1) is 6.92 Å². The molecule has 5 nitrogen and oxygen atoms in total. The molecular formula is C16H12Br2N2O3S. The van der Waals surface area contributed by atoms with Crippen LogP contribution in [0.1, 0.15) is 26.3 Å². The molecule has 0 fully saturated rings. The molecule has 0 aromatic heterocycles. The smallest absolute Gasteiger partial charge is 0.337 e. The first-order chi connectivity index (χ1) is 11.3. The van der Waals surface area contributed by atoms with Crippen molar-refractivity contribution in [2.75, 3.05) is 5.32 Å². The molecule has 0 unspecified atom stereocenters. The lowest BCUT2D eigenvalue weighted by Crippen LogP contribution is -2.35. The van der Waals surface area contributed by atoms with Gasteiger partial charge in [0.2, 0.25) is 0 Å². The molecule has 0 aliphatic carbocycles. The van der Waals surface area contributed by atoms with E-state index in [9.17, 15) is 14.7 Å². The number of anilines is 1. The van der Waals surface area contributed by atoms with Crippen LogP contribution in [-0.2, 0) is 0 Å². The maximum atomic E-state index is 12.2. The van der Waals surface area contributed by atoms with Crippen LogP contribution < -0.4 is 10.6 Å². The Bertz CT molecular complexity index is 840. The quantitative estimate of drug-likeness (QED) is 0.580. The molecule has 2 aromatic carbocycles. The van der Waals surface area contributed by atoms with Crippen molar-refractivity contribution in [2.24, 2.45) is 0 Å². The molecule has 0 heterocycles. The van der Waals surface area contributed by atoms with Crippen LogP contribution in [-0.4, -0.2) is 22.1 Å². The predicted octanol–water partition coefficient (Wildman–Crippen LogP) is 4.35. The largest absolute Gasteiger partial charge is 0.478 e. The fraction of sp³-hybridized carbons (Fsp3) is 0.0625. The molecule has 0 aliphatic rings. The van der Waals surface area contributed by atoms with Gasteiger partial charge in [-0.05, 0) is 58.8 Å². The van der Waals surface area contributed by atoms with Gasteiger partial charge in [0.1, 0.15) is 0 Å². The number of rotatable bonds is 3. The molecule has 0 radical (unpaired) electrons. The van der Waals surface area contributed by atoms with Crippen molar-refractivity contribution in [1.82, 2.24) is 5.32 Å². The summed E-state index contributed by atoms with van der Waals surface area (Å²) in [5, 5.41) is 14.6. The van der Waals surface area contributed by atoms with Gasteiger partial charge in [-0.15, -0.1) is 0 Å². The zero-order valence-corrected chi connectivity index (χ0v) is 16.4. The van der Waals surface area contributed by atoms with Crippen molar-refractivity contribution < 1.29 is 14.7 Å². The highest BCUT2D eigenvalue weighted by Gasteiger charge is 2.17. The van der Waals surface area contributed by atoms with Gasteiger partial charge in [0, 0.05) is 14.5 Å². The zero-order valence-electron chi connectivity index (χ0n) is 12.4. The summed E-state index contributed by atoms with van der Waals surface area (Å²) in [5.74, 6) is -1.48. The summed E-state index contributed by atoms with van der Waals surface area (Å²) in [4.78, 5) is 23.6. The number of carboxylic acids is 1. The summed E-state index contributed by atoms with van der Waals surface area (Å²) < 4.78 is 1.11. The van der Waals surface area contributed by atoms with E-state index >= 15 is 0 Å². The molecule has 0 aliphatic heterocycles. The molecular weight excluding hydrogens is 460 g/mol. The molecule has 2 rings (SSSR count). The fourth-order valence-corrected chi connectivity index (χ4v) is 3.53. The minimum absolute atomic E-state index is 0.00813. The summed E-state index contributed by atoms with van der Waals surface area (Å²) in [6.07, 6.45) is 0. The molecule has 0 saturated heterocycles. The van der Waals surface area contributed by atoms with Crippen LogP contribution in [0.4, 0.5) is 5.69 Å². The third-order valence-corrected chi connectivity index (χ3v) is 4.43. The van der Waals surface area contributed by atoms with Crippen molar-refractivity contribution in [2.45, 2.75) is 6.92 Å². The number of aromatic carboxylic acids is 1. The van der Waals surface area contributed by atoms with E-state index in [-0.39, 0.29) is 22.3 Å². The van der Waals surface area contributed by atoms with Crippen LogP contribution in [0.25, 0.3) is 0 Å². The van der Waals surface area contributed by atoms with Gasteiger partial charge in [0.25, 0.3) is 5.91 Å². The summed E-state index contributed by atoms with van der Waals surface area (Å²) in [6.45, 7) is 1.82. The molecule has 3 N–H and O–H groups in total. The number of carbonyl (C=O) groups is 2. The lowest BCUT2D eigenvalue weighted by Gasteiger charge is -2.14. The maximum absolute atomic E-state index is 12.2. The third kappa shape index (κ3) is 4.40. The number of hydrogen-bond donors (Lipinski definition) is 3. The second kappa shape index (κ2) is 7.87.